The zero-order valence-electron chi connectivity index (χ0n) is 13.2. The number of nitrogens with two attached hydrogens (primary N) is 1. The van der Waals surface area contributed by atoms with Crippen molar-refractivity contribution in [3.8, 4) is 0 Å². The molecule has 1 aromatic rings. The molecule has 0 saturated carbocycles. The van der Waals surface area contributed by atoms with Crippen LogP contribution >= 0.6 is 0 Å². The van der Waals surface area contributed by atoms with Crippen molar-refractivity contribution >= 4 is 5.91 Å². The molecule has 1 aromatic heterocycles. The van der Waals surface area contributed by atoms with E-state index in [-0.39, 0.29) is 11.9 Å². The average molecular weight is 280 g/mol. The number of aromatic nitrogens is 2. The number of nitrogens with zero attached hydrogens (tertiary/aromatic N) is 2. The number of nitrogens with one attached hydrogen (secondary N) is 1. The molecular formula is C15H28N4O. The van der Waals surface area contributed by atoms with Crippen LogP contribution in [0.4, 0.5) is 0 Å². The molecule has 0 spiro atoms. The van der Waals surface area contributed by atoms with Crippen molar-refractivity contribution in [3.63, 3.8) is 0 Å². The van der Waals surface area contributed by atoms with Gasteiger partial charge >= 0.3 is 0 Å². The number of hydrogen-bond acceptors (Lipinski definition) is 3. The Hall–Kier alpha value is -1.36. The van der Waals surface area contributed by atoms with Gasteiger partial charge in [0.15, 0.2) is 0 Å². The third-order valence-electron chi connectivity index (χ3n) is 3.82. The van der Waals surface area contributed by atoms with Crippen molar-refractivity contribution in [3.05, 3.63) is 17.0 Å². The van der Waals surface area contributed by atoms with Crippen LogP contribution < -0.4 is 11.1 Å². The Morgan fingerprint density at radius 2 is 2.15 bits per heavy atom. The van der Waals surface area contributed by atoms with E-state index in [9.17, 15) is 4.79 Å². The fraction of sp³-hybridized carbons (Fsp3) is 0.733. The summed E-state index contributed by atoms with van der Waals surface area (Å²) in [4.78, 5) is 12.0. The van der Waals surface area contributed by atoms with Crippen LogP contribution in [0.1, 0.15) is 49.6 Å². The molecule has 3 N–H and O–H groups in total. The maximum absolute atomic E-state index is 12.0. The first-order valence-electron chi connectivity index (χ1n) is 7.48. The molecule has 0 saturated heterocycles. The molecule has 0 aromatic carbocycles. The number of amides is 1. The molecule has 0 aliphatic heterocycles. The highest BCUT2D eigenvalue weighted by Crippen LogP contribution is 2.14. The zero-order valence-corrected chi connectivity index (χ0v) is 13.2. The fourth-order valence-electron chi connectivity index (χ4n) is 2.42. The predicted molar refractivity (Wildman–Crippen MR) is 81.5 cm³/mol. The van der Waals surface area contributed by atoms with Crippen molar-refractivity contribution in [1.29, 1.82) is 0 Å². The second-order valence-electron chi connectivity index (χ2n) is 5.42. The van der Waals surface area contributed by atoms with E-state index in [0.29, 0.717) is 13.0 Å². The summed E-state index contributed by atoms with van der Waals surface area (Å²) < 4.78 is 1.87. The van der Waals surface area contributed by atoms with Crippen LogP contribution in [0.5, 0.6) is 0 Å². The van der Waals surface area contributed by atoms with Crippen molar-refractivity contribution in [1.82, 2.24) is 15.1 Å². The Kier molecular flexibility index (Phi) is 6.71. The van der Waals surface area contributed by atoms with Crippen molar-refractivity contribution in [2.75, 3.05) is 6.54 Å². The molecule has 5 heteroatoms. The van der Waals surface area contributed by atoms with Gasteiger partial charge in [-0.25, -0.2) is 0 Å². The predicted octanol–water partition coefficient (Wildman–Crippen LogP) is 1.60. The molecule has 0 radical (unpaired) electrons. The van der Waals surface area contributed by atoms with Gasteiger partial charge in [-0.3, -0.25) is 9.48 Å². The van der Waals surface area contributed by atoms with E-state index in [1.165, 1.54) is 5.56 Å². The summed E-state index contributed by atoms with van der Waals surface area (Å²) >= 11 is 0. The van der Waals surface area contributed by atoms with Crippen LogP contribution in [0.3, 0.4) is 0 Å². The maximum atomic E-state index is 12.0. The fourth-order valence-corrected chi connectivity index (χ4v) is 2.42. The summed E-state index contributed by atoms with van der Waals surface area (Å²) in [7, 11) is 1.93. The Morgan fingerprint density at radius 3 is 2.65 bits per heavy atom. The Balaban J connectivity index is 2.46. The highest BCUT2D eigenvalue weighted by molar-refractivity contribution is 5.76. The molecule has 1 amide bonds. The SMILES string of the molecule is CCCCC(CN)NC(=O)CCc1c(C)nn(C)c1C. The number of hydrogen-bond donors (Lipinski definition) is 2. The Labute approximate surface area is 121 Å². The lowest BCUT2D eigenvalue weighted by Crippen LogP contribution is -2.40. The van der Waals surface area contributed by atoms with Crippen LogP contribution in [-0.4, -0.2) is 28.3 Å². The molecule has 0 fully saturated rings. The number of carbonyl (C=O) groups is 1. The quantitative estimate of drug-likeness (QED) is 0.759. The van der Waals surface area contributed by atoms with Gasteiger partial charge in [0.1, 0.15) is 0 Å². The summed E-state index contributed by atoms with van der Waals surface area (Å²) in [6.45, 7) is 6.68. The number of aryl methyl sites for hydroxylation is 2. The molecule has 0 aliphatic rings. The lowest BCUT2D eigenvalue weighted by atomic mass is 10.1. The highest BCUT2D eigenvalue weighted by atomic mass is 16.1. The van der Waals surface area contributed by atoms with E-state index >= 15 is 0 Å². The third kappa shape index (κ3) is 4.63. The summed E-state index contributed by atoms with van der Waals surface area (Å²) in [6, 6.07) is 0.110. The van der Waals surface area contributed by atoms with Crippen LogP contribution in [0.2, 0.25) is 0 Å². The summed E-state index contributed by atoms with van der Waals surface area (Å²) in [5.41, 5.74) is 9.02. The third-order valence-corrected chi connectivity index (χ3v) is 3.82. The van der Waals surface area contributed by atoms with E-state index in [1.807, 2.05) is 25.6 Å². The van der Waals surface area contributed by atoms with Gasteiger partial charge in [-0.2, -0.15) is 5.10 Å². The topological polar surface area (TPSA) is 72.9 Å². The first-order chi connectivity index (χ1) is 9.49. The molecule has 1 heterocycles. The highest BCUT2D eigenvalue weighted by Gasteiger charge is 2.13. The van der Waals surface area contributed by atoms with Gasteiger partial charge in [0.2, 0.25) is 5.91 Å². The minimum atomic E-state index is 0.0826. The van der Waals surface area contributed by atoms with E-state index in [0.717, 1.165) is 37.1 Å². The van der Waals surface area contributed by atoms with Crippen molar-refractivity contribution in [2.24, 2.45) is 12.8 Å². The van der Waals surface area contributed by atoms with Gasteiger partial charge < -0.3 is 11.1 Å². The van der Waals surface area contributed by atoms with Crippen LogP contribution in [0, 0.1) is 13.8 Å². The smallest absolute Gasteiger partial charge is 0.220 e. The molecule has 0 aliphatic carbocycles. The van der Waals surface area contributed by atoms with E-state index < -0.39 is 0 Å². The van der Waals surface area contributed by atoms with Crippen LogP contribution in [0.15, 0.2) is 0 Å². The summed E-state index contributed by atoms with van der Waals surface area (Å²) in [5, 5.41) is 7.40. The zero-order chi connectivity index (χ0) is 15.1. The van der Waals surface area contributed by atoms with Gasteiger partial charge in [-0.1, -0.05) is 19.8 Å². The molecule has 1 unspecified atom stereocenters. The normalized spacial score (nSPS) is 12.4. The summed E-state index contributed by atoms with van der Waals surface area (Å²) in [5.74, 6) is 0.0826. The van der Waals surface area contributed by atoms with Gasteiger partial charge in [0, 0.05) is 31.7 Å². The Bertz CT molecular complexity index is 439. The monoisotopic (exact) mass is 280 g/mol. The Morgan fingerprint density at radius 1 is 1.45 bits per heavy atom. The molecule has 1 rings (SSSR count). The first kappa shape index (κ1) is 16.7. The van der Waals surface area contributed by atoms with Gasteiger partial charge in [0.05, 0.1) is 5.69 Å². The second-order valence-corrected chi connectivity index (χ2v) is 5.42. The number of carbonyl (C=O) groups excluding carboxylic acids is 1. The lowest BCUT2D eigenvalue weighted by Gasteiger charge is -2.16. The van der Waals surface area contributed by atoms with E-state index in [4.69, 9.17) is 5.73 Å². The molecule has 0 bridgehead atoms. The van der Waals surface area contributed by atoms with Gasteiger partial charge in [-0.05, 0) is 32.3 Å². The minimum Gasteiger partial charge on any atom is -0.352 e. The van der Waals surface area contributed by atoms with Gasteiger partial charge in [0.25, 0.3) is 0 Å². The molecular weight excluding hydrogens is 252 g/mol. The lowest BCUT2D eigenvalue weighted by molar-refractivity contribution is -0.121. The summed E-state index contributed by atoms with van der Waals surface area (Å²) in [6.07, 6.45) is 4.42. The largest absolute Gasteiger partial charge is 0.352 e. The molecule has 114 valence electrons. The number of rotatable bonds is 8. The van der Waals surface area contributed by atoms with E-state index in [1.54, 1.807) is 0 Å². The standard InChI is InChI=1S/C15H28N4O/c1-5-6-7-13(10-16)17-15(20)9-8-14-11(2)18-19(4)12(14)3/h13H,5-10,16H2,1-4H3,(H,17,20). The maximum Gasteiger partial charge on any atom is 0.220 e. The molecule has 5 nitrogen and oxygen atoms in total. The molecule has 20 heavy (non-hydrogen) atoms. The van der Waals surface area contributed by atoms with Crippen LogP contribution in [-0.2, 0) is 18.3 Å². The first-order valence-corrected chi connectivity index (χ1v) is 7.48. The van der Waals surface area contributed by atoms with Crippen LogP contribution in [0.25, 0.3) is 0 Å². The van der Waals surface area contributed by atoms with Gasteiger partial charge in [-0.15, -0.1) is 0 Å². The van der Waals surface area contributed by atoms with Crippen molar-refractivity contribution < 1.29 is 4.79 Å². The molecule has 1 atom stereocenters. The second kappa shape index (κ2) is 8.04. The average Bonchev–Trinajstić information content (AvgIpc) is 2.66. The number of unbranched alkanes of at least 4 members (excludes halogenated alkanes) is 1. The van der Waals surface area contributed by atoms with Crippen molar-refractivity contribution in [2.45, 2.75) is 58.9 Å². The minimum absolute atomic E-state index is 0.0826. The van der Waals surface area contributed by atoms with E-state index in [2.05, 4.69) is 17.3 Å².